The fraction of sp³-hybridized carbons (Fsp3) is 0.818. The standard InChI is InChI=1S/C11H15ClO3/c1-2-15-9(14)10-3-8(4-10)11(5-10,6-12)7-13/h7-8H,2-6H2,1H3. The lowest BCUT2D eigenvalue weighted by Crippen LogP contribution is -2.38. The Morgan fingerprint density at radius 2 is 2.27 bits per heavy atom. The predicted octanol–water partition coefficient (Wildman–Crippen LogP) is 1.77. The average Bonchev–Trinajstić information content (AvgIpc) is 2.68. The number of hydrogen-bond donors (Lipinski definition) is 0. The van der Waals surface area contributed by atoms with Gasteiger partial charge in [-0.15, -0.1) is 11.6 Å². The Hall–Kier alpha value is -0.570. The zero-order valence-corrected chi connectivity index (χ0v) is 9.55. The normalized spacial score (nSPS) is 42.1. The molecule has 3 rings (SSSR count). The summed E-state index contributed by atoms with van der Waals surface area (Å²) in [5, 5.41) is 0. The van der Waals surface area contributed by atoms with Crippen LogP contribution in [-0.2, 0) is 14.3 Å². The number of carbonyl (C=O) groups is 2. The Morgan fingerprint density at radius 3 is 2.67 bits per heavy atom. The highest BCUT2D eigenvalue weighted by atomic mass is 35.5. The van der Waals surface area contributed by atoms with Crippen molar-refractivity contribution in [3.63, 3.8) is 0 Å². The number of hydrogen-bond acceptors (Lipinski definition) is 3. The van der Waals surface area contributed by atoms with Gasteiger partial charge in [-0.25, -0.2) is 0 Å². The van der Waals surface area contributed by atoms with Crippen LogP contribution in [0.25, 0.3) is 0 Å². The van der Waals surface area contributed by atoms with Crippen LogP contribution in [0.4, 0.5) is 0 Å². The maximum atomic E-state index is 11.7. The summed E-state index contributed by atoms with van der Waals surface area (Å²) in [6, 6.07) is 0. The summed E-state index contributed by atoms with van der Waals surface area (Å²) in [6.07, 6.45) is 3.07. The number of ether oxygens (including phenoxy) is 1. The monoisotopic (exact) mass is 230 g/mol. The van der Waals surface area contributed by atoms with E-state index in [2.05, 4.69) is 0 Å². The summed E-state index contributed by atoms with van der Waals surface area (Å²) >= 11 is 5.85. The molecule has 2 bridgehead atoms. The molecule has 3 fully saturated rings. The van der Waals surface area contributed by atoms with Crippen molar-refractivity contribution in [1.29, 1.82) is 0 Å². The Labute approximate surface area is 94.1 Å². The number of halogens is 1. The first-order valence-corrected chi connectivity index (χ1v) is 5.85. The molecule has 3 aliphatic carbocycles. The van der Waals surface area contributed by atoms with Gasteiger partial charge in [0.05, 0.1) is 12.0 Å². The molecular formula is C11H15ClO3. The van der Waals surface area contributed by atoms with Gasteiger partial charge in [0, 0.05) is 11.3 Å². The van der Waals surface area contributed by atoms with E-state index >= 15 is 0 Å². The first kappa shape index (κ1) is 10.9. The Morgan fingerprint density at radius 1 is 1.60 bits per heavy atom. The van der Waals surface area contributed by atoms with Crippen LogP contribution in [-0.4, -0.2) is 24.7 Å². The van der Waals surface area contributed by atoms with Crippen molar-refractivity contribution in [3.8, 4) is 0 Å². The summed E-state index contributed by atoms with van der Waals surface area (Å²) in [5.41, 5.74) is -0.856. The van der Waals surface area contributed by atoms with E-state index in [0.29, 0.717) is 18.9 Å². The van der Waals surface area contributed by atoms with Crippen LogP contribution >= 0.6 is 11.6 Å². The van der Waals surface area contributed by atoms with E-state index in [1.54, 1.807) is 6.92 Å². The fourth-order valence-corrected chi connectivity index (χ4v) is 3.43. The van der Waals surface area contributed by atoms with E-state index in [1.807, 2.05) is 0 Å². The van der Waals surface area contributed by atoms with Crippen molar-refractivity contribution in [2.75, 3.05) is 12.5 Å². The highest BCUT2D eigenvalue weighted by Crippen LogP contribution is 2.67. The van der Waals surface area contributed by atoms with Gasteiger partial charge in [0.25, 0.3) is 0 Å². The molecule has 4 heteroatoms. The second-order valence-corrected chi connectivity index (χ2v) is 5.03. The Bertz CT molecular complexity index is 296. The van der Waals surface area contributed by atoms with Gasteiger partial charge in [0.1, 0.15) is 6.29 Å². The zero-order chi connectivity index (χ0) is 11.1. The molecule has 15 heavy (non-hydrogen) atoms. The molecule has 0 saturated heterocycles. The minimum absolute atomic E-state index is 0.143. The lowest BCUT2D eigenvalue weighted by Gasteiger charge is -2.36. The molecule has 0 N–H and O–H groups in total. The van der Waals surface area contributed by atoms with Crippen molar-refractivity contribution in [1.82, 2.24) is 0 Å². The Kier molecular flexibility index (Phi) is 2.53. The van der Waals surface area contributed by atoms with E-state index in [0.717, 1.165) is 19.1 Å². The molecule has 0 radical (unpaired) electrons. The summed E-state index contributed by atoms with van der Waals surface area (Å²) in [5.74, 6) is 0.467. The minimum Gasteiger partial charge on any atom is -0.466 e. The van der Waals surface area contributed by atoms with Gasteiger partial charge in [-0.2, -0.15) is 0 Å². The number of alkyl halides is 1. The third kappa shape index (κ3) is 1.32. The molecule has 3 saturated carbocycles. The van der Waals surface area contributed by atoms with Crippen molar-refractivity contribution < 1.29 is 14.3 Å². The number of fused-ring (bicyclic) bond motifs is 1. The van der Waals surface area contributed by atoms with E-state index in [1.165, 1.54) is 0 Å². The largest absolute Gasteiger partial charge is 0.466 e. The topological polar surface area (TPSA) is 43.4 Å². The van der Waals surface area contributed by atoms with Crippen molar-refractivity contribution in [3.05, 3.63) is 0 Å². The molecule has 0 spiro atoms. The molecule has 0 aromatic carbocycles. The molecule has 3 aliphatic rings. The van der Waals surface area contributed by atoms with Crippen LogP contribution in [0.3, 0.4) is 0 Å². The van der Waals surface area contributed by atoms with Crippen LogP contribution in [0.5, 0.6) is 0 Å². The van der Waals surface area contributed by atoms with Gasteiger partial charge < -0.3 is 9.53 Å². The van der Waals surface area contributed by atoms with E-state index < -0.39 is 10.8 Å². The van der Waals surface area contributed by atoms with Crippen LogP contribution in [0.2, 0.25) is 0 Å². The highest BCUT2D eigenvalue weighted by Gasteiger charge is 2.67. The molecule has 1 atom stereocenters. The van der Waals surface area contributed by atoms with Gasteiger partial charge in [-0.1, -0.05) is 0 Å². The van der Waals surface area contributed by atoms with Crippen molar-refractivity contribution in [2.24, 2.45) is 16.7 Å². The van der Waals surface area contributed by atoms with Crippen LogP contribution in [0.15, 0.2) is 0 Å². The average molecular weight is 231 g/mol. The first-order valence-electron chi connectivity index (χ1n) is 5.32. The number of esters is 1. The third-order valence-electron chi connectivity index (χ3n) is 3.95. The van der Waals surface area contributed by atoms with Crippen LogP contribution < -0.4 is 0 Å². The maximum absolute atomic E-state index is 11.7. The maximum Gasteiger partial charge on any atom is 0.312 e. The van der Waals surface area contributed by atoms with E-state index in [-0.39, 0.29) is 11.9 Å². The second-order valence-electron chi connectivity index (χ2n) is 4.77. The molecular weight excluding hydrogens is 216 g/mol. The number of rotatable bonds is 4. The smallest absolute Gasteiger partial charge is 0.312 e. The lowest BCUT2D eigenvalue weighted by molar-refractivity contribution is -0.159. The molecule has 0 aromatic rings. The van der Waals surface area contributed by atoms with Crippen LogP contribution in [0.1, 0.15) is 26.2 Å². The van der Waals surface area contributed by atoms with Gasteiger partial charge in [-0.3, -0.25) is 4.79 Å². The molecule has 3 nitrogen and oxygen atoms in total. The van der Waals surface area contributed by atoms with Gasteiger partial charge in [0.15, 0.2) is 0 Å². The molecule has 0 aliphatic heterocycles. The molecule has 0 amide bonds. The zero-order valence-electron chi connectivity index (χ0n) is 8.79. The highest BCUT2D eigenvalue weighted by molar-refractivity contribution is 6.19. The predicted molar refractivity (Wildman–Crippen MR) is 55.6 cm³/mol. The summed E-state index contributed by atoms with van der Waals surface area (Å²) in [6.45, 7) is 2.20. The number of aldehydes is 1. The summed E-state index contributed by atoms with van der Waals surface area (Å²) < 4.78 is 5.05. The summed E-state index contributed by atoms with van der Waals surface area (Å²) in [7, 11) is 0. The third-order valence-corrected chi connectivity index (χ3v) is 4.44. The second kappa shape index (κ2) is 3.48. The quantitative estimate of drug-likeness (QED) is 0.420. The van der Waals surface area contributed by atoms with Gasteiger partial charge in [-0.05, 0) is 32.1 Å². The molecule has 0 heterocycles. The van der Waals surface area contributed by atoms with Crippen molar-refractivity contribution in [2.45, 2.75) is 26.2 Å². The molecule has 1 unspecified atom stereocenters. The molecule has 0 aromatic heterocycles. The van der Waals surface area contributed by atoms with E-state index in [4.69, 9.17) is 16.3 Å². The van der Waals surface area contributed by atoms with Gasteiger partial charge >= 0.3 is 5.97 Å². The SMILES string of the molecule is CCOC(=O)C12CC(C1)C(C=O)(CCl)C2. The fourth-order valence-electron chi connectivity index (χ4n) is 3.06. The lowest BCUT2D eigenvalue weighted by atomic mass is 9.68. The minimum atomic E-state index is -0.464. The van der Waals surface area contributed by atoms with Crippen LogP contribution in [0, 0.1) is 16.7 Å². The summed E-state index contributed by atoms with van der Waals surface area (Å²) in [4.78, 5) is 22.8. The van der Waals surface area contributed by atoms with E-state index in [9.17, 15) is 9.59 Å². The van der Waals surface area contributed by atoms with Gasteiger partial charge in [0.2, 0.25) is 0 Å². The number of carbonyl (C=O) groups excluding carboxylic acids is 2. The Balaban J connectivity index is 2.13. The molecule has 84 valence electrons. The first-order chi connectivity index (χ1) is 7.12. The van der Waals surface area contributed by atoms with Crippen molar-refractivity contribution >= 4 is 23.9 Å².